The zero-order chi connectivity index (χ0) is 20.8. The monoisotopic (exact) mass is 406 g/mol. The number of amides is 1. The summed E-state index contributed by atoms with van der Waals surface area (Å²) in [6.07, 6.45) is 1.81. The minimum atomic E-state index is -0.0619. The molecule has 29 heavy (non-hydrogen) atoms. The van der Waals surface area contributed by atoms with Crippen molar-refractivity contribution in [1.82, 2.24) is 14.8 Å². The van der Waals surface area contributed by atoms with Crippen LogP contribution >= 0.6 is 11.8 Å². The van der Waals surface area contributed by atoms with Crippen molar-refractivity contribution >= 4 is 23.4 Å². The lowest BCUT2D eigenvalue weighted by Crippen LogP contribution is -2.16. The van der Waals surface area contributed by atoms with Crippen molar-refractivity contribution in [2.75, 3.05) is 11.1 Å². The summed E-state index contributed by atoms with van der Waals surface area (Å²) in [5, 5.41) is 12.4. The predicted octanol–water partition coefficient (Wildman–Crippen LogP) is 5.29. The van der Waals surface area contributed by atoms with Crippen LogP contribution in [0.25, 0.3) is 11.4 Å². The van der Waals surface area contributed by atoms with Gasteiger partial charge in [0.1, 0.15) is 0 Å². The lowest BCUT2D eigenvalue weighted by Gasteiger charge is -2.13. The van der Waals surface area contributed by atoms with E-state index in [9.17, 15) is 4.79 Å². The van der Waals surface area contributed by atoms with Crippen molar-refractivity contribution in [3.05, 3.63) is 72.3 Å². The third kappa shape index (κ3) is 5.15. The number of nitrogens with one attached hydrogen (secondary N) is 1. The summed E-state index contributed by atoms with van der Waals surface area (Å²) in [6, 6.07) is 16.1. The molecule has 0 aliphatic carbocycles. The first kappa shape index (κ1) is 20.9. The molecule has 0 aliphatic heterocycles. The predicted molar refractivity (Wildman–Crippen MR) is 120 cm³/mol. The number of benzene rings is 2. The van der Waals surface area contributed by atoms with Crippen molar-refractivity contribution in [3.63, 3.8) is 0 Å². The Kier molecular flexibility index (Phi) is 6.88. The molecule has 0 saturated carbocycles. The smallest absolute Gasteiger partial charge is 0.234 e. The lowest BCUT2D eigenvalue weighted by atomic mass is 10.0. The number of hydrogen-bond acceptors (Lipinski definition) is 4. The standard InChI is InChI=1S/C23H26N4OS/c1-5-14-27-22(18-12-10-17(4)11-13-18)25-26-23(27)29-15-21(28)24-20-9-7-6-8-19(20)16(2)3/h5-13,16H,1,14-15H2,2-4H3,(H,24,28). The Labute approximate surface area is 176 Å². The van der Waals surface area contributed by atoms with Gasteiger partial charge in [-0.1, -0.05) is 79.7 Å². The summed E-state index contributed by atoms with van der Waals surface area (Å²) in [5.41, 5.74) is 4.17. The van der Waals surface area contributed by atoms with Gasteiger partial charge in [0, 0.05) is 17.8 Å². The van der Waals surface area contributed by atoms with Gasteiger partial charge in [0.25, 0.3) is 0 Å². The van der Waals surface area contributed by atoms with E-state index in [-0.39, 0.29) is 11.7 Å². The van der Waals surface area contributed by atoms with Crippen molar-refractivity contribution < 1.29 is 4.79 Å². The van der Waals surface area contributed by atoms with Gasteiger partial charge in [-0.15, -0.1) is 16.8 Å². The highest BCUT2D eigenvalue weighted by Crippen LogP contribution is 2.26. The second-order valence-corrected chi connectivity index (χ2v) is 8.09. The summed E-state index contributed by atoms with van der Waals surface area (Å²) in [6.45, 7) is 10.7. The highest BCUT2D eigenvalue weighted by Gasteiger charge is 2.16. The number of rotatable bonds is 8. The van der Waals surface area contributed by atoms with Gasteiger partial charge in [0.2, 0.25) is 5.91 Å². The number of aromatic nitrogens is 3. The first-order chi connectivity index (χ1) is 14.0. The van der Waals surface area contributed by atoms with Crippen molar-refractivity contribution in [1.29, 1.82) is 0 Å². The fourth-order valence-electron chi connectivity index (χ4n) is 3.04. The zero-order valence-corrected chi connectivity index (χ0v) is 17.9. The van der Waals surface area contributed by atoms with E-state index in [0.717, 1.165) is 22.6 Å². The molecule has 0 bridgehead atoms. The summed E-state index contributed by atoms with van der Waals surface area (Å²) in [5.74, 6) is 1.31. The second kappa shape index (κ2) is 9.56. The Hall–Kier alpha value is -2.86. The number of carbonyl (C=O) groups is 1. The first-order valence-corrected chi connectivity index (χ1v) is 10.6. The second-order valence-electron chi connectivity index (χ2n) is 7.15. The maximum atomic E-state index is 12.5. The summed E-state index contributed by atoms with van der Waals surface area (Å²) < 4.78 is 1.98. The highest BCUT2D eigenvalue weighted by atomic mass is 32.2. The Morgan fingerprint density at radius 2 is 1.90 bits per heavy atom. The van der Waals surface area contributed by atoms with Crippen LogP contribution in [0, 0.1) is 6.92 Å². The van der Waals surface area contributed by atoms with Gasteiger partial charge in [0.15, 0.2) is 11.0 Å². The summed E-state index contributed by atoms with van der Waals surface area (Å²) in [7, 11) is 0. The molecule has 0 spiro atoms. The molecule has 1 N–H and O–H groups in total. The fourth-order valence-corrected chi connectivity index (χ4v) is 3.78. The molecular weight excluding hydrogens is 380 g/mol. The Bertz CT molecular complexity index is 992. The van der Waals surface area contributed by atoms with Gasteiger partial charge in [-0.2, -0.15) is 0 Å². The van der Waals surface area contributed by atoms with Crippen molar-refractivity contribution in [3.8, 4) is 11.4 Å². The van der Waals surface area contributed by atoms with Crippen molar-refractivity contribution in [2.24, 2.45) is 0 Å². The summed E-state index contributed by atoms with van der Waals surface area (Å²) >= 11 is 1.38. The van der Waals surface area contributed by atoms with Crippen LogP contribution in [0.5, 0.6) is 0 Å². The maximum absolute atomic E-state index is 12.5. The van der Waals surface area contributed by atoms with E-state index < -0.39 is 0 Å². The SMILES string of the molecule is C=CCn1c(SCC(=O)Nc2ccccc2C(C)C)nnc1-c1ccc(C)cc1. The minimum Gasteiger partial charge on any atom is -0.325 e. The molecule has 1 heterocycles. The quantitative estimate of drug-likeness (QED) is 0.408. The fraction of sp³-hybridized carbons (Fsp3) is 0.261. The number of para-hydroxylation sites is 1. The van der Waals surface area contributed by atoms with Crippen LogP contribution in [0.4, 0.5) is 5.69 Å². The third-order valence-corrected chi connectivity index (χ3v) is 5.49. The summed E-state index contributed by atoms with van der Waals surface area (Å²) in [4.78, 5) is 12.5. The molecule has 1 amide bonds. The zero-order valence-electron chi connectivity index (χ0n) is 17.1. The number of allylic oxidation sites excluding steroid dienone is 1. The molecule has 6 heteroatoms. The van der Waals surface area contributed by atoms with E-state index in [0.29, 0.717) is 17.6 Å². The molecule has 0 radical (unpaired) electrons. The van der Waals surface area contributed by atoms with Crippen LogP contribution in [-0.4, -0.2) is 26.4 Å². The van der Waals surface area contributed by atoms with Crippen LogP contribution < -0.4 is 5.32 Å². The first-order valence-electron chi connectivity index (χ1n) is 9.62. The van der Waals surface area contributed by atoms with E-state index >= 15 is 0 Å². The largest absolute Gasteiger partial charge is 0.325 e. The molecule has 2 aromatic carbocycles. The Morgan fingerprint density at radius 3 is 2.59 bits per heavy atom. The number of carbonyl (C=O) groups excluding carboxylic acids is 1. The molecule has 0 unspecified atom stereocenters. The Morgan fingerprint density at radius 1 is 1.17 bits per heavy atom. The number of nitrogens with zero attached hydrogens (tertiary/aromatic N) is 3. The van der Waals surface area contributed by atoms with Crippen molar-refractivity contribution in [2.45, 2.75) is 38.4 Å². The van der Waals surface area contributed by atoms with Crippen LogP contribution in [0.3, 0.4) is 0 Å². The molecular formula is C23H26N4OS. The van der Waals surface area contributed by atoms with Crippen LogP contribution in [0.2, 0.25) is 0 Å². The van der Waals surface area contributed by atoms with Gasteiger partial charge in [-0.25, -0.2) is 0 Å². The molecule has 5 nitrogen and oxygen atoms in total. The van der Waals surface area contributed by atoms with Gasteiger partial charge in [-0.05, 0) is 24.5 Å². The van der Waals surface area contributed by atoms with Gasteiger partial charge in [0.05, 0.1) is 5.75 Å². The number of anilines is 1. The molecule has 1 aromatic heterocycles. The number of thioether (sulfide) groups is 1. The normalized spacial score (nSPS) is 10.9. The van der Waals surface area contributed by atoms with Gasteiger partial charge in [-0.3, -0.25) is 9.36 Å². The molecule has 150 valence electrons. The van der Waals surface area contributed by atoms with Crippen LogP contribution in [0.15, 0.2) is 66.3 Å². The average molecular weight is 407 g/mol. The van der Waals surface area contributed by atoms with Crippen LogP contribution in [-0.2, 0) is 11.3 Å². The van der Waals surface area contributed by atoms with Crippen LogP contribution in [0.1, 0.15) is 30.9 Å². The van der Waals surface area contributed by atoms with E-state index in [1.165, 1.54) is 17.3 Å². The Balaban J connectivity index is 1.73. The third-order valence-electron chi connectivity index (χ3n) is 4.53. The molecule has 0 saturated heterocycles. The lowest BCUT2D eigenvalue weighted by molar-refractivity contribution is -0.113. The van der Waals surface area contributed by atoms with E-state index in [2.05, 4.69) is 55.0 Å². The molecule has 3 rings (SSSR count). The van der Waals surface area contributed by atoms with E-state index in [1.54, 1.807) is 0 Å². The molecule has 3 aromatic rings. The minimum absolute atomic E-state index is 0.0619. The number of aryl methyl sites for hydroxylation is 1. The van der Waals surface area contributed by atoms with E-state index in [1.807, 2.05) is 47.0 Å². The molecule has 0 aliphatic rings. The van der Waals surface area contributed by atoms with Gasteiger partial charge >= 0.3 is 0 Å². The topological polar surface area (TPSA) is 59.8 Å². The number of hydrogen-bond donors (Lipinski definition) is 1. The van der Waals surface area contributed by atoms with E-state index in [4.69, 9.17) is 0 Å². The van der Waals surface area contributed by atoms with Gasteiger partial charge < -0.3 is 5.32 Å². The maximum Gasteiger partial charge on any atom is 0.234 e. The molecule has 0 fully saturated rings. The molecule has 0 atom stereocenters. The average Bonchev–Trinajstić information content (AvgIpc) is 3.10. The highest BCUT2D eigenvalue weighted by molar-refractivity contribution is 7.99.